The molecule has 0 bridgehead atoms. The number of fused-ring (bicyclic) bond motifs is 5. The summed E-state index contributed by atoms with van der Waals surface area (Å²) in [6.45, 7) is 4.50. The Morgan fingerprint density at radius 2 is 1.87 bits per heavy atom. The number of carbonyl (C=O) groups is 1. The minimum absolute atomic E-state index is 0.145. The van der Waals surface area contributed by atoms with Crippen LogP contribution in [0.5, 0.6) is 0 Å². The van der Waals surface area contributed by atoms with Crippen LogP contribution in [0.15, 0.2) is 0 Å². The highest BCUT2D eigenvalue weighted by molar-refractivity contribution is 5.78. The van der Waals surface area contributed by atoms with Gasteiger partial charge in [-0.15, -0.1) is 0 Å². The van der Waals surface area contributed by atoms with Crippen molar-refractivity contribution in [3.8, 4) is 0 Å². The van der Waals surface area contributed by atoms with E-state index in [1.165, 1.54) is 44.9 Å². The molecule has 0 spiro atoms. The van der Waals surface area contributed by atoms with Crippen LogP contribution in [0.3, 0.4) is 0 Å². The van der Waals surface area contributed by atoms with Gasteiger partial charge in [0.05, 0.1) is 6.10 Å². The molecule has 4 aliphatic rings. The van der Waals surface area contributed by atoms with Crippen molar-refractivity contribution in [1.82, 2.24) is 0 Å². The smallest absolute Gasteiger partial charge is 0.133 e. The van der Waals surface area contributed by atoms with Gasteiger partial charge in [-0.2, -0.15) is 0 Å². The zero-order chi connectivity index (χ0) is 16.2. The van der Waals surface area contributed by atoms with Gasteiger partial charge in [0.25, 0.3) is 0 Å². The summed E-state index contributed by atoms with van der Waals surface area (Å²) < 4.78 is 0. The molecule has 0 radical (unpaired) electrons. The Labute approximate surface area is 141 Å². The van der Waals surface area contributed by atoms with Gasteiger partial charge in [-0.25, -0.2) is 0 Å². The summed E-state index contributed by atoms with van der Waals surface area (Å²) in [5, 5.41) is 10.3. The predicted molar refractivity (Wildman–Crippen MR) is 91.9 cm³/mol. The second-order valence-corrected chi connectivity index (χ2v) is 9.54. The summed E-state index contributed by atoms with van der Waals surface area (Å²) in [5.74, 6) is 5.17. The van der Waals surface area contributed by atoms with Crippen molar-refractivity contribution >= 4 is 5.78 Å². The molecule has 0 aromatic rings. The topological polar surface area (TPSA) is 37.3 Å². The average molecular weight is 319 g/mol. The van der Waals surface area contributed by atoms with Crippen LogP contribution in [0, 0.1) is 40.9 Å². The summed E-state index contributed by atoms with van der Waals surface area (Å²) in [6, 6.07) is 0. The highest BCUT2D eigenvalue weighted by atomic mass is 16.3. The molecule has 2 nitrogen and oxygen atoms in total. The van der Waals surface area contributed by atoms with Crippen LogP contribution in [-0.4, -0.2) is 17.0 Å². The zero-order valence-corrected chi connectivity index (χ0v) is 15.0. The fourth-order valence-electron chi connectivity index (χ4n) is 7.70. The van der Waals surface area contributed by atoms with Crippen molar-refractivity contribution < 1.29 is 9.90 Å². The Morgan fingerprint density at radius 3 is 2.65 bits per heavy atom. The van der Waals surface area contributed by atoms with E-state index in [1.54, 1.807) is 0 Å². The Kier molecular flexibility index (Phi) is 4.11. The van der Waals surface area contributed by atoms with Crippen LogP contribution in [0.1, 0.15) is 78.1 Å². The Balaban J connectivity index is 1.57. The molecule has 23 heavy (non-hydrogen) atoms. The molecular weight excluding hydrogens is 284 g/mol. The first kappa shape index (κ1) is 16.1. The van der Waals surface area contributed by atoms with Crippen LogP contribution in [0.2, 0.25) is 0 Å². The SMILES string of the molecule is CC(O)[C@H]1CC[C@H]2[C@@H]3CC[C@@H]4CC(=O)CCC[C@@H]4[C@H]3CC[C@]12C. The minimum Gasteiger partial charge on any atom is -0.393 e. The Bertz CT molecular complexity index is 470. The number of hydrogen-bond acceptors (Lipinski definition) is 2. The molecular formula is C21H34O2. The molecule has 4 saturated carbocycles. The number of aliphatic hydroxyl groups is 1. The lowest BCUT2D eigenvalue weighted by molar-refractivity contribution is -0.121. The third-order valence-electron chi connectivity index (χ3n) is 8.66. The molecule has 0 aromatic carbocycles. The van der Waals surface area contributed by atoms with E-state index < -0.39 is 0 Å². The van der Waals surface area contributed by atoms with E-state index in [4.69, 9.17) is 0 Å². The van der Waals surface area contributed by atoms with Gasteiger partial charge in [-0.1, -0.05) is 6.92 Å². The van der Waals surface area contributed by atoms with Gasteiger partial charge < -0.3 is 5.11 Å². The van der Waals surface area contributed by atoms with E-state index in [0.29, 0.717) is 23.0 Å². The lowest BCUT2D eigenvalue weighted by Crippen LogP contribution is -2.48. The second-order valence-electron chi connectivity index (χ2n) is 9.54. The van der Waals surface area contributed by atoms with Gasteiger partial charge >= 0.3 is 0 Å². The summed E-state index contributed by atoms with van der Waals surface area (Å²) in [7, 11) is 0. The Morgan fingerprint density at radius 1 is 1.04 bits per heavy atom. The van der Waals surface area contributed by atoms with Crippen LogP contribution >= 0.6 is 0 Å². The van der Waals surface area contributed by atoms with Crippen molar-refractivity contribution in [3.05, 3.63) is 0 Å². The number of carbonyl (C=O) groups excluding carboxylic acids is 1. The summed E-state index contributed by atoms with van der Waals surface area (Å²) in [5.41, 5.74) is 0.378. The first-order chi connectivity index (χ1) is 11.0. The van der Waals surface area contributed by atoms with Gasteiger partial charge in [0, 0.05) is 12.8 Å². The van der Waals surface area contributed by atoms with Crippen LogP contribution < -0.4 is 0 Å². The van der Waals surface area contributed by atoms with Crippen molar-refractivity contribution in [1.29, 1.82) is 0 Å². The summed E-state index contributed by atoms with van der Waals surface area (Å²) >= 11 is 0. The number of rotatable bonds is 1. The second kappa shape index (κ2) is 5.86. The number of Topliss-reactive ketones (excluding diaryl/α,β-unsaturated/α-hetero) is 1. The van der Waals surface area contributed by atoms with Crippen LogP contribution in [0.4, 0.5) is 0 Å². The van der Waals surface area contributed by atoms with Gasteiger partial charge in [0.2, 0.25) is 0 Å². The third-order valence-corrected chi connectivity index (χ3v) is 8.66. The molecule has 4 aliphatic carbocycles. The van der Waals surface area contributed by atoms with E-state index in [-0.39, 0.29) is 6.10 Å². The van der Waals surface area contributed by atoms with Gasteiger partial charge in [-0.3, -0.25) is 4.79 Å². The molecule has 130 valence electrons. The molecule has 8 atom stereocenters. The van der Waals surface area contributed by atoms with Crippen molar-refractivity contribution in [3.63, 3.8) is 0 Å². The minimum atomic E-state index is -0.145. The molecule has 2 heteroatoms. The largest absolute Gasteiger partial charge is 0.393 e. The molecule has 1 N–H and O–H groups in total. The summed E-state index contributed by atoms with van der Waals surface area (Å²) in [4.78, 5) is 12.0. The fraction of sp³-hybridized carbons (Fsp3) is 0.952. The molecule has 1 unspecified atom stereocenters. The number of hydrogen-bond donors (Lipinski definition) is 1. The van der Waals surface area contributed by atoms with Gasteiger partial charge in [0.1, 0.15) is 5.78 Å². The fourth-order valence-corrected chi connectivity index (χ4v) is 7.70. The monoisotopic (exact) mass is 318 g/mol. The molecule has 0 saturated heterocycles. The maximum absolute atomic E-state index is 12.0. The van der Waals surface area contributed by atoms with Gasteiger partial charge in [0.15, 0.2) is 0 Å². The van der Waals surface area contributed by atoms with Crippen LogP contribution in [-0.2, 0) is 4.79 Å². The predicted octanol–water partition coefficient (Wildman–Crippen LogP) is 4.60. The van der Waals surface area contributed by atoms with E-state index in [9.17, 15) is 9.90 Å². The van der Waals surface area contributed by atoms with Crippen molar-refractivity contribution in [2.24, 2.45) is 40.9 Å². The quantitative estimate of drug-likeness (QED) is 0.767. The molecule has 0 aliphatic heterocycles. The van der Waals surface area contributed by atoms with Gasteiger partial charge in [-0.05, 0) is 99.2 Å². The number of ketones is 1. The average Bonchev–Trinajstić information content (AvgIpc) is 2.74. The zero-order valence-electron chi connectivity index (χ0n) is 15.0. The first-order valence-electron chi connectivity index (χ1n) is 10.2. The first-order valence-corrected chi connectivity index (χ1v) is 10.2. The summed E-state index contributed by atoms with van der Waals surface area (Å²) in [6.07, 6.45) is 11.9. The van der Waals surface area contributed by atoms with E-state index in [1.807, 2.05) is 6.92 Å². The molecule has 4 rings (SSSR count). The van der Waals surface area contributed by atoms with E-state index in [2.05, 4.69) is 6.92 Å². The van der Waals surface area contributed by atoms with Crippen LogP contribution in [0.25, 0.3) is 0 Å². The normalized spacial score (nSPS) is 51.3. The lowest BCUT2D eigenvalue weighted by atomic mass is 9.50. The highest BCUT2D eigenvalue weighted by Gasteiger charge is 2.57. The third kappa shape index (κ3) is 2.51. The lowest BCUT2D eigenvalue weighted by Gasteiger charge is -2.55. The van der Waals surface area contributed by atoms with E-state index in [0.717, 1.165) is 42.9 Å². The van der Waals surface area contributed by atoms with Crippen molar-refractivity contribution in [2.75, 3.05) is 0 Å². The standard InChI is InChI=1S/C21H34O2/c1-13(22)19-8-9-20-18-7-6-14-12-15(23)4-3-5-16(14)17(18)10-11-21(19,20)2/h13-14,16-20,22H,3-12H2,1-2H3/t13?,14-,16+,17-,18-,19-,20+,21-/m1/s1. The molecule has 0 heterocycles. The van der Waals surface area contributed by atoms with E-state index >= 15 is 0 Å². The molecule has 0 amide bonds. The number of aliphatic hydroxyl groups excluding tert-OH is 1. The maximum Gasteiger partial charge on any atom is 0.133 e. The maximum atomic E-state index is 12.0. The van der Waals surface area contributed by atoms with Crippen molar-refractivity contribution in [2.45, 2.75) is 84.2 Å². The molecule has 0 aromatic heterocycles. The molecule has 4 fully saturated rings. The Hall–Kier alpha value is -0.370. The highest BCUT2D eigenvalue weighted by Crippen LogP contribution is 2.64.